The van der Waals surface area contributed by atoms with Gasteiger partial charge in [0, 0.05) is 11.8 Å². The number of anilines is 1. The second-order valence-corrected chi connectivity index (χ2v) is 4.95. The van der Waals surface area contributed by atoms with Crippen molar-refractivity contribution in [2.24, 2.45) is 0 Å². The lowest BCUT2D eigenvalue weighted by Gasteiger charge is -2.11. The van der Waals surface area contributed by atoms with E-state index in [2.05, 4.69) is 10.6 Å². The van der Waals surface area contributed by atoms with Crippen LogP contribution in [0.25, 0.3) is 0 Å². The van der Waals surface area contributed by atoms with E-state index in [1.165, 1.54) is 0 Å². The highest BCUT2D eigenvalue weighted by Crippen LogP contribution is 2.34. The minimum absolute atomic E-state index is 0.200. The van der Waals surface area contributed by atoms with Crippen molar-refractivity contribution in [2.45, 2.75) is 0 Å². The van der Waals surface area contributed by atoms with Gasteiger partial charge in [-0.2, -0.15) is 0 Å². The highest BCUT2D eigenvalue weighted by Gasteiger charge is 2.14. The van der Waals surface area contributed by atoms with E-state index in [4.69, 9.17) is 18.9 Å². The summed E-state index contributed by atoms with van der Waals surface area (Å²) in [6.45, 7) is 0.884. The summed E-state index contributed by atoms with van der Waals surface area (Å²) in [5, 5.41) is 5.45. The molecule has 2 aromatic rings. The molecule has 0 saturated carbocycles. The third-order valence-electron chi connectivity index (χ3n) is 3.34. The van der Waals surface area contributed by atoms with Gasteiger partial charge in [-0.1, -0.05) is 12.1 Å². The number of fused-ring (bicyclic) bond motifs is 1. The molecule has 0 atom stereocenters. The lowest BCUT2D eigenvalue weighted by molar-refractivity contribution is 0.174. The molecule has 0 unspecified atom stereocenters. The molecule has 2 amide bonds. The third-order valence-corrected chi connectivity index (χ3v) is 3.34. The predicted octanol–water partition coefficient (Wildman–Crippen LogP) is 2.62. The molecule has 1 aliphatic rings. The van der Waals surface area contributed by atoms with Crippen molar-refractivity contribution < 1.29 is 23.7 Å². The average Bonchev–Trinajstić information content (AvgIpc) is 3.07. The summed E-state index contributed by atoms with van der Waals surface area (Å²) in [5.41, 5.74) is 0.627. The minimum atomic E-state index is -0.322. The summed E-state index contributed by atoms with van der Waals surface area (Å²) in [5.74, 6) is 2.58. The van der Waals surface area contributed by atoms with Gasteiger partial charge in [0.15, 0.2) is 23.0 Å². The maximum atomic E-state index is 11.9. The van der Waals surface area contributed by atoms with E-state index in [-0.39, 0.29) is 12.8 Å². The predicted molar refractivity (Wildman–Crippen MR) is 88.1 cm³/mol. The molecule has 7 nitrogen and oxygen atoms in total. The van der Waals surface area contributed by atoms with Crippen LogP contribution in [0, 0.1) is 0 Å². The Balaban J connectivity index is 1.43. The second-order valence-electron chi connectivity index (χ2n) is 4.95. The molecule has 1 aliphatic heterocycles. The number of nitrogens with one attached hydrogen (secondary N) is 2. The molecule has 0 aliphatic carbocycles. The summed E-state index contributed by atoms with van der Waals surface area (Å²) in [6, 6.07) is 12.2. The molecule has 0 fully saturated rings. The Morgan fingerprint density at radius 3 is 2.75 bits per heavy atom. The van der Waals surface area contributed by atoms with Crippen molar-refractivity contribution >= 4 is 11.7 Å². The van der Waals surface area contributed by atoms with Gasteiger partial charge in [-0.15, -0.1) is 0 Å². The van der Waals surface area contributed by atoms with Gasteiger partial charge in [0.05, 0.1) is 13.7 Å². The van der Waals surface area contributed by atoms with Crippen molar-refractivity contribution in [3.8, 4) is 23.0 Å². The molecular formula is C17H18N2O5. The van der Waals surface area contributed by atoms with Crippen LogP contribution in [0.4, 0.5) is 10.5 Å². The van der Waals surface area contributed by atoms with Crippen LogP contribution in [0.5, 0.6) is 23.0 Å². The summed E-state index contributed by atoms with van der Waals surface area (Å²) in [4.78, 5) is 11.9. The van der Waals surface area contributed by atoms with Gasteiger partial charge in [0.2, 0.25) is 6.79 Å². The SMILES string of the molecule is COc1ccccc1OCCNC(=O)Nc1ccc2c(c1)OCO2. The Morgan fingerprint density at radius 2 is 1.92 bits per heavy atom. The van der Waals surface area contributed by atoms with Gasteiger partial charge in [-0.25, -0.2) is 4.79 Å². The number of ether oxygens (including phenoxy) is 4. The Hall–Kier alpha value is -3.09. The quantitative estimate of drug-likeness (QED) is 0.796. The highest BCUT2D eigenvalue weighted by molar-refractivity contribution is 5.89. The van der Waals surface area contributed by atoms with E-state index in [9.17, 15) is 4.79 Å². The first-order chi connectivity index (χ1) is 11.8. The first-order valence-electron chi connectivity index (χ1n) is 7.46. The summed E-state index contributed by atoms with van der Waals surface area (Å²) >= 11 is 0. The Labute approximate surface area is 139 Å². The minimum Gasteiger partial charge on any atom is -0.493 e. The van der Waals surface area contributed by atoms with Crippen LogP contribution in [-0.2, 0) is 0 Å². The number of para-hydroxylation sites is 2. The zero-order chi connectivity index (χ0) is 16.8. The second kappa shape index (κ2) is 7.45. The van der Waals surface area contributed by atoms with Crippen LogP contribution >= 0.6 is 0 Å². The van der Waals surface area contributed by atoms with Gasteiger partial charge in [-0.3, -0.25) is 0 Å². The number of rotatable bonds is 6. The van der Waals surface area contributed by atoms with Crippen LogP contribution in [0.2, 0.25) is 0 Å². The topological polar surface area (TPSA) is 78.1 Å². The summed E-state index contributed by atoms with van der Waals surface area (Å²) in [6.07, 6.45) is 0. The van der Waals surface area contributed by atoms with Gasteiger partial charge < -0.3 is 29.6 Å². The number of carbonyl (C=O) groups is 1. The van der Waals surface area contributed by atoms with Crippen molar-refractivity contribution in [3.05, 3.63) is 42.5 Å². The number of benzene rings is 2. The van der Waals surface area contributed by atoms with Crippen molar-refractivity contribution in [3.63, 3.8) is 0 Å². The van der Waals surface area contributed by atoms with Crippen LogP contribution in [-0.4, -0.2) is 33.1 Å². The molecule has 0 bridgehead atoms. The molecule has 7 heteroatoms. The number of methoxy groups -OCH3 is 1. The monoisotopic (exact) mass is 330 g/mol. The lowest BCUT2D eigenvalue weighted by atomic mass is 10.3. The Morgan fingerprint density at radius 1 is 1.12 bits per heavy atom. The average molecular weight is 330 g/mol. The zero-order valence-corrected chi connectivity index (χ0v) is 13.2. The number of hydrogen-bond donors (Lipinski definition) is 2. The smallest absolute Gasteiger partial charge is 0.319 e. The maximum absolute atomic E-state index is 11.9. The van der Waals surface area contributed by atoms with Gasteiger partial charge >= 0.3 is 6.03 Å². The van der Waals surface area contributed by atoms with Crippen LogP contribution in [0.15, 0.2) is 42.5 Å². The summed E-state index contributed by atoms with van der Waals surface area (Å²) in [7, 11) is 1.58. The van der Waals surface area contributed by atoms with Crippen LogP contribution in [0.1, 0.15) is 0 Å². The molecule has 24 heavy (non-hydrogen) atoms. The van der Waals surface area contributed by atoms with E-state index in [0.717, 1.165) is 0 Å². The normalized spacial score (nSPS) is 11.7. The van der Waals surface area contributed by atoms with Crippen molar-refractivity contribution in [2.75, 3.05) is 32.4 Å². The molecule has 2 aromatic carbocycles. The van der Waals surface area contributed by atoms with Crippen molar-refractivity contribution in [1.82, 2.24) is 5.32 Å². The molecule has 0 radical (unpaired) electrons. The fourth-order valence-corrected chi connectivity index (χ4v) is 2.21. The largest absolute Gasteiger partial charge is 0.493 e. The molecule has 126 valence electrons. The zero-order valence-electron chi connectivity index (χ0n) is 13.2. The Kier molecular flexibility index (Phi) is 4.90. The van der Waals surface area contributed by atoms with Crippen LogP contribution < -0.4 is 29.6 Å². The van der Waals surface area contributed by atoms with E-state index in [1.807, 2.05) is 24.3 Å². The molecule has 0 aromatic heterocycles. The van der Waals surface area contributed by atoms with Gasteiger partial charge in [-0.05, 0) is 24.3 Å². The fourth-order valence-electron chi connectivity index (χ4n) is 2.21. The number of amides is 2. The van der Waals surface area contributed by atoms with Gasteiger partial charge in [0.1, 0.15) is 6.61 Å². The molecule has 2 N–H and O–H groups in total. The Bertz CT molecular complexity index is 720. The standard InChI is InChI=1S/C17H18N2O5/c1-21-13-4-2-3-5-14(13)22-9-8-18-17(20)19-12-6-7-15-16(10-12)24-11-23-15/h2-7,10H,8-9,11H2,1H3,(H2,18,19,20). The van der Waals surface area contributed by atoms with Crippen molar-refractivity contribution in [1.29, 1.82) is 0 Å². The van der Waals surface area contributed by atoms with E-state index < -0.39 is 0 Å². The fraction of sp³-hybridized carbons (Fsp3) is 0.235. The van der Waals surface area contributed by atoms with E-state index in [0.29, 0.717) is 41.8 Å². The van der Waals surface area contributed by atoms with Gasteiger partial charge in [0.25, 0.3) is 0 Å². The molecular weight excluding hydrogens is 312 g/mol. The molecule has 0 saturated heterocycles. The van der Waals surface area contributed by atoms with Crippen LogP contribution in [0.3, 0.4) is 0 Å². The number of urea groups is 1. The number of hydrogen-bond acceptors (Lipinski definition) is 5. The first-order valence-corrected chi connectivity index (χ1v) is 7.46. The number of carbonyl (C=O) groups excluding carboxylic acids is 1. The summed E-state index contributed by atoms with van der Waals surface area (Å²) < 4.78 is 21.3. The maximum Gasteiger partial charge on any atom is 0.319 e. The molecule has 1 heterocycles. The first kappa shape index (κ1) is 15.8. The molecule has 0 spiro atoms. The highest BCUT2D eigenvalue weighted by atomic mass is 16.7. The molecule has 3 rings (SSSR count). The van der Waals surface area contributed by atoms with E-state index in [1.54, 1.807) is 25.3 Å². The lowest BCUT2D eigenvalue weighted by Crippen LogP contribution is -2.32. The third kappa shape index (κ3) is 3.81. The van der Waals surface area contributed by atoms with E-state index >= 15 is 0 Å².